The number of carboxylic acids is 1. The number of carbonyl (C=O) groups is 2. The SMILES string of the molecule is O=C(O)CC1(CNC(=O)Cc2c(F)cccc2Cl)CCC1. The third-order valence-corrected chi connectivity index (χ3v) is 4.35. The molecule has 0 unspecified atom stereocenters. The predicted octanol–water partition coefficient (Wildman–Crippen LogP) is 2.78. The Labute approximate surface area is 127 Å². The monoisotopic (exact) mass is 313 g/mol. The Morgan fingerprint density at radius 1 is 1.38 bits per heavy atom. The van der Waals surface area contributed by atoms with Crippen molar-refractivity contribution in [2.45, 2.75) is 32.1 Å². The Morgan fingerprint density at radius 3 is 2.62 bits per heavy atom. The molecule has 0 radical (unpaired) electrons. The summed E-state index contributed by atoms with van der Waals surface area (Å²) in [6, 6.07) is 4.27. The molecule has 0 spiro atoms. The highest BCUT2D eigenvalue weighted by Gasteiger charge is 2.39. The fraction of sp³-hybridized carbons (Fsp3) is 0.467. The summed E-state index contributed by atoms with van der Waals surface area (Å²) in [5.74, 6) is -1.72. The zero-order valence-electron chi connectivity index (χ0n) is 11.5. The number of rotatable bonds is 6. The first kappa shape index (κ1) is 15.8. The minimum absolute atomic E-state index is 0.0493. The smallest absolute Gasteiger partial charge is 0.303 e. The summed E-state index contributed by atoms with van der Waals surface area (Å²) < 4.78 is 13.6. The van der Waals surface area contributed by atoms with Crippen molar-refractivity contribution in [1.82, 2.24) is 5.32 Å². The van der Waals surface area contributed by atoms with Crippen molar-refractivity contribution >= 4 is 23.5 Å². The number of hydrogen-bond donors (Lipinski definition) is 2. The van der Waals surface area contributed by atoms with Crippen LogP contribution in [0.25, 0.3) is 0 Å². The number of halogens is 2. The first-order chi connectivity index (χ1) is 9.92. The molecule has 0 aliphatic heterocycles. The van der Waals surface area contributed by atoms with Crippen LogP contribution < -0.4 is 5.32 Å². The van der Waals surface area contributed by atoms with Gasteiger partial charge in [0, 0.05) is 17.1 Å². The summed E-state index contributed by atoms with van der Waals surface area (Å²) in [4.78, 5) is 22.8. The molecule has 0 aromatic heterocycles. The van der Waals surface area contributed by atoms with Gasteiger partial charge in [0.05, 0.1) is 12.8 Å². The Hall–Kier alpha value is -1.62. The van der Waals surface area contributed by atoms with Crippen LogP contribution in [0.5, 0.6) is 0 Å². The van der Waals surface area contributed by atoms with E-state index in [0.29, 0.717) is 6.54 Å². The molecule has 1 aliphatic carbocycles. The van der Waals surface area contributed by atoms with Crippen molar-refractivity contribution in [2.75, 3.05) is 6.54 Å². The fourth-order valence-corrected chi connectivity index (χ4v) is 2.85. The molecule has 1 aromatic carbocycles. The molecule has 2 N–H and O–H groups in total. The zero-order chi connectivity index (χ0) is 15.5. The van der Waals surface area contributed by atoms with Gasteiger partial charge in [0.25, 0.3) is 0 Å². The summed E-state index contributed by atoms with van der Waals surface area (Å²) in [5, 5.41) is 11.8. The van der Waals surface area contributed by atoms with Crippen LogP contribution in [0.15, 0.2) is 18.2 Å². The number of aliphatic carboxylic acids is 1. The van der Waals surface area contributed by atoms with Gasteiger partial charge in [-0.05, 0) is 30.4 Å². The van der Waals surface area contributed by atoms with Crippen molar-refractivity contribution in [3.05, 3.63) is 34.6 Å². The summed E-state index contributed by atoms with van der Waals surface area (Å²) in [6.45, 7) is 0.310. The van der Waals surface area contributed by atoms with Crippen molar-refractivity contribution in [3.8, 4) is 0 Å². The average molecular weight is 314 g/mol. The highest BCUT2D eigenvalue weighted by atomic mass is 35.5. The summed E-state index contributed by atoms with van der Waals surface area (Å²) in [6.07, 6.45) is 2.46. The Morgan fingerprint density at radius 2 is 2.10 bits per heavy atom. The Balaban J connectivity index is 1.92. The van der Waals surface area contributed by atoms with Crippen molar-refractivity contribution in [3.63, 3.8) is 0 Å². The van der Waals surface area contributed by atoms with Crippen LogP contribution in [0, 0.1) is 11.2 Å². The normalized spacial score (nSPS) is 16.1. The maximum Gasteiger partial charge on any atom is 0.303 e. The van der Waals surface area contributed by atoms with Crippen LogP contribution in [-0.4, -0.2) is 23.5 Å². The summed E-state index contributed by atoms with van der Waals surface area (Å²) >= 11 is 5.87. The lowest BCUT2D eigenvalue weighted by Gasteiger charge is -2.40. The highest BCUT2D eigenvalue weighted by molar-refractivity contribution is 6.31. The zero-order valence-corrected chi connectivity index (χ0v) is 12.3. The van der Waals surface area contributed by atoms with Crippen LogP contribution in [0.3, 0.4) is 0 Å². The van der Waals surface area contributed by atoms with Gasteiger partial charge in [-0.15, -0.1) is 0 Å². The van der Waals surface area contributed by atoms with E-state index < -0.39 is 11.8 Å². The van der Waals surface area contributed by atoms with E-state index in [4.69, 9.17) is 16.7 Å². The molecular weight excluding hydrogens is 297 g/mol. The molecule has 1 aliphatic rings. The van der Waals surface area contributed by atoms with Gasteiger partial charge in [0.15, 0.2) is 0 Å². The average Bonchev–Trinajstić information content (AvgIpc) is 2.36. The summed E-state index contributed by atoms with van der Waals surface area (Å²) in [5.41, 5.74) is -0.182. The van der Waals surface area contributed by atoms with Gasteiger partial charge in [0.2, 0.25) is 5.91 Å². The number of nitrogens with one attached hydrogen (secondary N) is 1. The van der Waals surface area contributed by atoms with E-state index in [2.05, 4.69) is 5.32 Å². The van der Waals surface area contributed by atoms with Crippen molar-refractivity contribution < 1.29 is 19.1 Å². The Bertz CT molecular complexity index is 538. The maximum atomic E-state index is 13.6. The third-order valence-electron chi connectivity index (χ3n) is 4.00. The van der Waals surface area contributed by atoms with E-state index in [1.807, 2.05) is 0 Å². The van der Waals surface area contributed by atoms with Gasteiger partial charge in [-0.1, -0.05) is 24.1 Å². The van der Waals surface area contributed by atoms with Gasteiger partial charge >= 0.3 is 5.97 Å². The minimum atomic E-state index is -0.860. The molecule has 1 aromatic rings. The van der Waals surface area contributed by atoms with Crippen LogP contribution in [0.1, 0.15) is 31.2 Å². The molecule has 21 heavy (non-hydrogen) atoms. The first-order valence-corrected chi connectivity index (χ1v) is 7.21. The fourth-order valence-electron chi connectivity index (χ4n) is 2.62. The second-order valence-electron chi connectivity index (χ2n) is 5.58. The van der Waals surface area contributed by atoms with E-state index >= 15 is 0 Å². The molecular formula is C15H17ClFNO3. The van der Waals surface area contributed by atoms with E-state index in [1.165, 1.54) is 18.2 Å². The highest BCUT2D eigenvalue weighted by Crippen LogP contribution is 2.43. The first-order valence-electron chi connectivity index (χ1n) is 6.83. The topological polar surface area (TPSA) is 66.4 Å². The van der Waals surface area contributed by atoms with Gasteiger partial charge in [-0.3, -0.25) is 9.59 Å². The van der Waals surface area contributed by atoms with E-state index in [9.17, 15) is 14.0 Å². The molecule has 1 fully saturated rings. The number of amides is 1. The summed E-state index contributed by atoms with van der Waals surface area (Å²) in [7, 11) is 0. The van der Waals surface area contributed by atoms with Crippen molar-refractivity contribution in [2.24, 2.45) is 5.41 Å². The van der Waals surface area contributed by atoms with E-state index in [-0.39, 0.29) is 34.7 Å². The number of benzene rings is 1. The van der Waals surface area contributed by atoms with Gasteiger partial charge < -0.3 is 10.4 Å². The van der Waals surface area contributed by atoms with Crippen LogP contribution in [0.2, 0.25) is 5.02 Å². The van der Waals surface area contributed by atoms with Gasteiger partial charge in [-0.2, -0.15) is 0 Å². The second kappa shape index (κ2) is 6.43. The van der Waals surface area contributed by atoms with Crippen molar-refractivity contribution in [1.29, 1.82) is 0 Å². The number of hydrogen-bond acceptors (Lipinski definition) is 2. The standard InChI is InChI=1S/C15H17ClFNO3/c16-11-3-1-4-12(17)10(11)7-13(19)18-9-15(5-2-6-15)8-14(20)21/h1,3-4H,2,5-9H2,(H,18,19)(H,20,21). The second-order valence-corrected chi connectivity index (χ2v) is 5.98. The predicted molar refractivity (Wildman–Crippen MR) is 76.7 cm³/mol. The van der Waals surface area contributed by atoms with Gasteiger partial charge in [-0.25, -0.2) is 4.39 Å². The molecule has 0 atom stereocenters. The van der Waals surface area contributed by atoms with E-state index in [0.717, 1.165) is 19.3 Å². The lowest BCUT2D eigenvalue weighted by atomic mass is 9.66. The van der Waals surface area contributed by atoms with Crippen LogP contribution in [-0.2, 0) is 16.0 Å². The lowest BCUT2D eigenvalue weighted by Crippen LogP contribution is -2.44. The molecule has 0 bridgehead atoms. The quantitative estimate of drug-likeness (QED) is 0.848. The molecule has 4 nitrogen and oxygen atoms in total. The number of carboxylic acid groups (broad SMARTS) is 1. The lowest BCUT2D eigenvalue weighted by molar-refractivity contribution is -0.141. The largest absolute Gasteiger partial charge is 0.481 e. The minimum Gasteiger partial charge on any atom is -0.481 e. The third kappa shape index (κ3) is 3.94. The molecule has 114 valence electrons. The molecule has 0 heterocycles. The maximum absolute atomic E-state index is 13.6. The Kier molecular flexibility index (Phi) is 4.83. The van der Waals surface area contributed by atoms with E-state index in [1.54, 1.807) is 0 Å². The molecule has 1 saturated carbocycles. The van der Waals surface area contributed by atoms with Crippen LogP contribution >= 0.6 is 11.6 Å². The number of carbonyl (C=O) groups excluding carboxylic acids is 1. The van der Waals surface area contributed by atoms with Crippen LogP contribution in [0.4, 0.5) is 4.39 Å². The molecule has 6 heteroatoms. The molecule has 2 rings (SSSR count). The van der Waals surface area contributed by atoms with Gasteiger partial charge in [0.1, 0.15) is 5.82 Å². The molecule has 1 amide bonds. The molecule has 0 saturated heterocycles.